The van der Waals surface area contributed by atoms with Gasteiger partial charge in [0.2, 0.25) is 0 Å². The fraction of sp³-hybridized carbons (Fsp3) is 0.0714. The van der Waals surface area contributed by atoms with Crippen LogP contribution in [0.15, 0.2) is 45.1 Å². The lowest BCUT2D eigenvalue weighted by Crippen LogP contribution is -2.03. The Morgan fingerprint density at radius 1 is 1.35 bits per heavy atom. The van der Waals surface area contributed by atoms with Gasteiger partial charge in [0, 0.05) is 30.0 Å². The standard InChI is InChI=1S/C14H9NO4S/c1-8(16)18-10-3-2-9-6-11(13-15-4-5-20-13)14(17)19-12(9)7-10/h2-7H,1H3. The van der Waals surface area contributed by atoms with Crippen LogP contribution in [-0.4, -0.2) is 11.0 Å². The van der Waals surface area contributed by atoms with Crippen LogP contribution < -0.4 is 10.4 Å². The van der Waals surface area contributed by atoms with E-state index in [0.29, 0.717) is 21.9 Å². The SMILES string of the molecule is CC(=O)Oc1ccc2cc(-c3nccs3)c(=O)oc2c1. The van der Waals surface area contributed by atoms with Gasteiger partial charge in [0.15, 0.2) is 0 Å². The van der Waals surface area contributed by atoms with Crippen molar-refractivity contribution in [2.45, 2.75) is 6.92 Å². The normalized spacial score (nSPS) is 10.7. The van der Waals surface area contributed by atoms with Crippen molar-refractivity contribution in [1.29, 1.82) is 0 Å². The summed E-state index contributed by atoms with van der Waals surface area (Å²) >= 11 is 1.37. The van der Waals surface area contributed by atoms with Crippen LogP contribution >= 0.6 is 11.3 Å². The number of ether oxygens (including phenoxy) is 1. The minimum Gasteiger partial charge on any atom is -0.427 e. The molecule has 0 fully saturated rings. The zero-order chi connectivity index (χ0) is 14.1. The first kappa shape index (κ1) is 12.6. The Bertz CT molecular complexity index is 836. The molecular formula is C14H9NO4S. The fourth-order valence-corrected chi connectivity index (χ4v) is 2.47. The summed E-state index contributed by atoms with van der Waals surface area (Å²) in [6.07, 6.45) is 1.63. The van der Waals surface area contributed by atoms with Gasteiger partial charge in [-0.25, -0.2) is 9.78 Å². The summed E-state index contributed by atoms with van der Waals surface area (Å²) in [6, 6.07) is 6.62. The molecule has 2 heterocycles. The average Bonchev–Trinajstić information content (AvgIpc) is 2.90. The van der Waals surface area contributed by atoms with Gasteiger partial charge >= 0.3 is 11.6 Å². The predicted octanol–water partition coefficient (Wildman–Crippen LogP) is 2.84. The van der Waals surface area contributed by atoms with Gasteiger partial charge in [-0.15, -0.1) is 11.3 Å². The molecule has 0 spiro atoms. The first-order valence-corrected chi connectivity index (χ1v) is 6.67. The molecule has 0 aliphatic carbocycles. The third-order valence-corrected chi connectivity index (χ3v) is 3.44. The monoisotopic (exact) mass is 287 g/mol. The van der Waals surface area contributed by atoms with Gasteiger partial charge in [0.05, 0.1) is 5.56 Å². The van der Waals surface area contributed by atoms with Crippen LogP contribution in [0.25, 0.3) is 21.5 Å². The summed E-state index contributed by atoms with van der Waals surface area (Å²) in [5.41, 5.74) is 0.328. The van der Waals surface area contributed by atoms with Crippen molar-refractivity contribution >= 4 is 28.3 Å². The Balaban J connectivity index is 2.14. The third kappa shape index (κ3) is 2.33. The summed E-state index contributed by atoms with van der Waals surface area (Å²) in [6.45, 7) is 1.31. The number of carbonyl (C=O) groups excluding carboxylic acids is 1. The molecule has 100 valence electrons. The number of benzene rings is 1. The number of esters is 1. The lowest BCUT2D eigenvalue weighted by atomic mass is 10.2. The predicted molar refractivity (Wildman–Crippen MR) is 74.9 cm³/mol. The van der Waals surface area contributed by atoms with Crippen molar-refractivity contribution < 1.29 is 13.9 Å². The molecule has 0 unspecified atom stereocenters. The molecule has 0 amide bonds. The second-order valence-electron chi connectivity index (χ2n) is 4.08. The Morgan fingerprint density at radius 3 is 2.90 bits per heavy atom. The average molecular weight is 287 g/mol. The minimum absolute atomic E-state index is 0.343. The first-order chi connectivity index (χ1) is 9.63. The molecule has 3 rings (SSSR count). The highest BCUT2D eigenvalue weighted by Crippen LogP contribution is 2.25. The molecule has 0 saturated carbocycles. The second kappa shape index (κ2) is 4.90. The van der Waals surface area contributed by atoms with Gasteiger partial charge in [0.1, 0.15) is 16.3 Å². The number of fused-ring (bicyclic) bond motifs is 1. The number of thiazole rings is 1. The molecule has 0 atom stereocenters. The molecule has 0 bridgehead atoms. The maximum atomic E-state index is 12.0. The fourth-order valence-electron chi connectivity index (χ4n) is 1.83. The van der Waals surface area contributed by atoms with Crippen LogP contribution in [0.4, 0.5) is 0 Å². The maximum absolute atomic E-state index is 12.0. The van der Waals surface area contributed by atoms with Crippen molar-refractivity contribution in [3.05, 3.63) is 46.3 Å². The van der Waals surface area contributed by atoms with Crippen LogP contribution in [0.1, 0.15) is 6.92 Å². The molecule has 0 aliphatic rings. The lowest BCUT2D eigenvalue weighted by molar-refractivity contribution is -0.131. The maximum Gasteiger partial charge on any atom is 0.346 e. The largest absolute Gasteiger partial charge is 0.427 e. The minimum atomic E-state index is -0.465. The van der Waals surface area contributed by atoms with Crippen LogP contribution in [0.5, 0.6) is 5.75 Å². The highest BCUT2D eigenvalue weighted by molar-refractivity contribution is 7.13. The molecular weight excluding hydrogens is 278 g/mol. The van der Waals surface area contributed by atoms with E-state index in [-0.39, 0.29) is 0 Å². The van der Waals surface area contributed by atoms with E-state index in [9.17, 15) is 9.59 Å². The molecule has 1 aromatic carbocycles. The van der Waals surface area contributed by atoms with Gasteiger partial charge < -0.3 is 9.15 Å². The molecule has 0 saturated heterocycles. The van der Waals surface area contributed by atoms with Gasteiger partial charge in [-0.05, 0) is 18.2 Å². The van der Waals surface area contributed by atoms with E-state index in [2.05, 4.69) is 4.98 Å². The van der Waals surface area contributed by atoms with Crippen molar-refractivity contribution in [1.82, 2.24) is 4.98 Å². The highest BCUT2D eigenvalue weighted by atomic mass is 32.1. The van der Waals surface area contributed by atoms with E-state index < -0.39 is 11.6 Å². The summed E-state index contributed by atoms with van der Waals surface area (Å²) in [5, 5.41) is 3.15. The number of hydrogen-bond donors (Lipinski definition) is 0. The van der Waals surface area contributed by atoms with E-state index in [1.54, 1.807) is 29.8 Å². The van der Waals surface area contributed by atoms with Crippen molar-refractivity contribution in [2.75, 3.05) is 0 Å². The molecule has 0 N–H and O–H groups in total. The highest BCUT2D eigenvalue weighted by Gasteiger charge is 2.10. The number of rotatable bonds is 2. The Hall–Kier alpha value is -2.47. The van der Waals surface area contributed by atoms with Crippen molar-refractivity contribution in [3.63, 3.8) is 0 Å². The van der Waals surface area contributed by atoms with E-state index in [0.717, 1.165) is 5.39 Å². The molecule has 2 aromatic heterocycles. The number of hydrogen-bond acceptors (Lipinski definition) is 6. The van der Waals surface area contributed by atoms with Crippen molar-refractivity contribution in [3.8, 4) is 16.3 Å². The third-order valence-electron chi connectivity index (χ3n) is 2.63. The molecule has 6 heteroatoms. The molecule has 5 nitrogen and oxygen atoms in total. The molecule has 20 heavy (non-hydrogen) atoms. The smallest absolute Gasteiger partial charge is 0.346 e. The summed E-state index contributed by atoms with van der Waals surface area (Å²) in [4.78, 5) is 27.0. The molecule has 0 aliphatic heterocycles. The Morgan fingerprint density at radius 2 is 2.20 bits per heavy atom. The van der Waals surface area contributed by atoms with E-state index in [1.807, 2.05) is 0 Å². The number of carbonyl (C=O) groups is 1. The van der Waals surface area contributed by atoms with Crippen molar-refractivity contribution in [2.24, 2.45) is 0 Å². The van der Waals surface area contributed by atoms with E-state index in [4.69, 9.17) is 9.15 Å². The van der Waals surface area contributed by atoms with Crippen LogP contribution in [0, 0.1) is 0 Å². The molecule has 0 radical (unpaired) electrons. The topological polar surface area (TPSA) is 69.4 Å². The lowest BCUT2D eigenvalue weighted by Gasteiger charge is -2.03. The van der Waals surface area contributed by atoms with Crippen LogP contribution in [0.2, 0.25) is 0 Å². The molecule has 3 aromatic rings. The summed E-state index contributed by atoms with van der Waals surface area (Å²) < 4.78 is 10.2. The summed E-state index contributed by atoms with van der Waals surface area (Å²) in [7, 11) is 0. The van der Waals surface area contributed by atoms with Gasteiger partial charge in [0.25, 0.3) is 0 Å². The number of aromatic nitrogens is 1. The van der Waals surface area contributed by atoms with Gasteiger partial charge in [-0.2, -0.15) is 0 Å². The first-order valence-electron chi connectivity index (χ1n) is 5.80. The summed E-state index contributed by atoms with van der Waals surface area (Å²) in [5.74, 6) is -0.0822. The van der Waals surface area contributed by atoms with Crippen LogP contribution in [-0.2, 0) is 4.79 Å². The Kier molecular flexibility index (Phi) is 3.08. The zero-order valence-corrected chi connectivity index (χ0v) is 11.3. The second-order valence-corrected chi connectivity index (χ2v) is 4.97. The van der Waals surface area contributed by atoms with Gasteiger partial charge in [-0.3, -0.25) is 4.79 Å². The van der Waals surface area contributed by atoms with Crippen LogP contribution in [0.3, 0.4) is 0 Å². The zero-order valence-electron chi connectivity index (χ0n) is 10.5. The quantitative estimate of drug-likeness (QED) is 0.412. The number of nitrogens with zero attached hydrogens (tertiary/aromatic N) is 1. The Labute approximate surface area is 117 Å². The van der Waals surface area contributed by atoms with Gasteiger partial charge in [-0.1, -0.05) is 0 Å². The van der Waals surface area contributed by atoms with E-state index in [1.165, 1.54) is 24.3 Å². The van der Waals surface area contributed by atoms with E-state index >= 15 is 0 Å².